The molecule has 6 heteroatoms. The molecule has 1 aliphatic carbocycles. The third kappa shape index (κ3) is 3.38. The number of halogens is 2. The Labute approximate surface area is 176 Å². The first-order chi connectivity index (χ1) is 13.5. The second-order valence-electron chi connectivity index (χ2n) is 7.20. The summed E-state index contributed by atoms with van der Waals surface area (Å²) >= 11 is 9.41. The summed E-state index contributed by atoms with van der Waals surface area (Å²) in [4.78, 5) is 27.6. The standard InChI is InChI=1S/C22H19BrClNO3/c23-15-9-5-14(6-10-15)20(26)18-19(13-7-11-16(24)12-8-13)25(22(28)21(18)27)17-3-1-2-4-17/h5-12,17,19,26H,1-4H2/b20-18-. The minimum Gasteiger partial charge on any atom is -0.507 e. The number of carbonyl (C=O) groups excluding carboxylic acids is 2. The predicted octanol–water partition coefficient (Wildman–Crippen LogP) is 5.47. The maximum absolute atomic E-state index is 13.0. The average Bonchev–Trinajstić information content (AvgIpc) is 3.30. The topological polar surface area (TPSA) is 57.6 Å². The Kier molecular flexibility index (Phi) is 5.30. The Morgan fingerprint density at radius 2 is 1.61 bits per heavy atom. The molecule has 1 saturated heterocycles. The number of hydrogen-bond donors (Lipinski definition) is 1. The van der Waals surface area contributed by atoms with Crippen molar-refractivity contribution in [1.29, 1.82) is 0 Å². The number of benzene rings is 2. The lowest BCUT2D eigenvalue weighted by Gasteiger charge is -2.30. The van der Waals surface area contributed by atoms with Gasteiger partial charge in [0.1, 0.15) is 5.76 Å². The van der Waals surface area contributed by atoms with E-state index in [1.165, 1.54) is 0 Å². The van der Waals surface area contributed by atoms with Crippen molar-refractivity contribution in [3.8, 4) is 0 Å². The summed E-state index contributed by atoms with van der Waals surface area (Å²) in [6, 6.07) is 13.5. The van der Waals surface area contributed by atoms with Crippen molar-refractivity contribution in [2.45, 2.75) is 37.8 Å². The molecule has 144 valence electrons. The van der Waals surface area contributed by atoms with Gasteiger partial charge in [0.15, 0.2) is 0 Å². The summed E-state index contributed by atoms with van der Waals surface area (Å²) in [6.07, 6.45) is 3.81. The monoisotopic (exact) mass is 459 g/mol. The van der Waals surface area contributed by atoms with Crippen molar-refractivity contribution < 1.29 is 14.7 Å². The molecule has 2 aliphatic rings. The molecule has 1 atom stereocenters. The molecule has 28 heavy (non-hydrogen) atoms. The Morgan fingerprint density at radius 3 is 2.21 bits per heavy atom. The van der Waals surface area contributed by atoms with Crippen LogP contribution in [0.4, 0.5) is 0 Å². The van der Waals surface area contributed by atoms with E-state index in [2.05, 4.69) is 15.9 Å². The number of ketones is 1. The normalized spacial score (nSPS) is 22.2. The Balaban J connectivity index is 1.87. The molecular weight excluding hydrogens is 442 g/mol. The highest BCUT2D eigenvalue weighted by atomic mass is 79.9. The number of amides is 1. The second kappa shape index (κ2) is 7.72. The summed E-state index contributed by atoms with van der Waals surface area (Å²) in [5, 5.41) is 11.6. The van der Waals surface area contributed by atoms with Crippen LogP contribution in [0.5, 0.6) is 0 Å². The van der Waals surface area contributed by atoms with Gasteiger partial charge < -0.3 is 10.0 Å². The van der Waals surface area contributed by atoms with E-state index >= 15 is 0 Å². The van der Waals surface area contributed by atoms with Gasteiger partial charge in [-0.25, -0.2) is 0 Å². The molecule has 0 aromatic heterocycles. The number of aliphatic hydroxyl groups excluding tert-OH is 1. The maximum Gasteiger partial charge on any atom is 0.295 e. The lowest BCUT2D eigenvalue weighted by molar-refractivity contribution is -0.141. The van der Waals surface area contributed by atoms with Crippen LogP contribution in [-0.2, 0) is 9.59 Å². The first-order valence-corrected chi connectivity index (χ1v) is 10.5. The SMILES string of the molecule is O=C1C(=O)N(C2CCCC2)C(c2ccc(Cl)cc2)/C1=C(/O)c1ccc(Br)cc1. The van der Waals surface area contributed by atoms with E-state index in [-0.39, 0.29) is 17.4 Å². The van der Waals surface area contributed by atoms with Crippen LogP contribution in [0, 0.1) is 0 Å². The zero-order chi connectivity index (χ0) is 19.8. The quantitative estimate of drug-likeness (QED) is 0.375. The fourth-order valence-electron chi connectivity index (χ4n) is 4.14. The van der Waals surface area contributed by atoms with E-state index in [0.29, 0.717) is 10.6 Å². The van der Waals surface area contributed by atoms with Gasteiger partial charge in [-0.1, -0.05) is 64.6 Å². The number of hydrogen-bond acceptors (Lipinski definition) is 3. The summed E-state index contributed by atoms with van der Waals surface area (Å²) in [6.45, 7) is 0. The highest BCUT2D eigenvalue weighted by molar-refractivity contribution is 9.10. The van der Waals surface area contributed by atoms with Crippen LogP contribution in [0.25, 0.3) is 5.76 Å². The molecule has 0 spiro atoms. The van der Waals surface area contributed by atoms with E-state index in [1.807, 2.05) is 12.1 Å². The van der Waals surface area contributed by atoms with Gasteiger partial charge >= 0.3 is 0 Å². The third-order valence-corrected chi connectivity index (χ3v) is 6.28. The molecule has 4 rings (SSSR count). The van der Waals surface area contributed by atoms with Crippen LogP contribution >= 0.6 is 27.5 Å². The largest absolute Gasteiger partial charge is 0.507 e. The molecule has 1 saturated carbocycles. The number of aliphatic hydroxyl groups is 1. The van der Waals surface area contributed by atoms with E-state index in [0.717, 1.165) is 35.7 Å². The van der Waals surface area contributed by atoms with Crippen molar-refractivity contribution in [3.05, 3.63) is 74.7 Å². The van der Waals surface area contributed by atoms with Crippen LogP contribution in [0.3, 0.4) is 0 Å². The summed E-state index contributed by atoms with van der Waals surface area (Å²) in [5.41, 5.74) is 1.42. The lowest BCUT2D eigenvalue weighted by Crippen LogP contribution is -2.37. The van der Waals surface area contributed by atoms with E-state index in [1.54, 1.807) is 41.3 Å². The van der Waals surface area contributed by atoms with Crippen LogP contribution in [-0.4, -0.2) is 27.7 Å². The van der Waals surface area contributed by atoms with Gasteiger partial charge in [0.05, 0.1) is 11.6 Å². The second-order valence-corrected chi connectivity index (χ2v) is 8.56. The molecule has 0 bridgehead atoms. The number of carbonyl (C=O) groups is 2. The van der Waals surface area contributed by atoms with Crippen LogP contribution in [0.15, 0.2) is 58.6 Å². The van der Waals surface area contributed by atoms with Crippen LogP contribution in [0.2, 0.25) is 5.02 Å². The van der Waals surface area contributed by atoms with Crippen LogP contribution in [0.1, 0.15) is 42.9 Å². The molecule has 1 aliphatic heterocycles. The van der Waals surface area contributed by atoms with Gasteiger partial charge in [0.25, 0.3) is 11.7 Å². The zero-order valence-electron chi connectivity index (χ0n) is 15.1. The van der Waals surface area contributed by atoms with Gasteiger partial charge in [-0.2, -0.15) is 0 Å². The molecule has 1 unspecified atom stereocenters. The minimum absolute atomic E-state index is 0.00680. The van der Waals surface area contributed by atoms with Gasteiger partial charge in [-0.3, -0.25) is 9.59 Å². The molecular formula is C22H19BrClNO3. The first kappa shape index (κ1) is 19.2. The molecule has 2 fully saturated rings. The smallest absolute Gasteiger partial charge is 0.295 e. The number of rotatable bonds is 3. The summed E-state index contributed by atoms with van der Waals surface area (Å²) < 4.78 is 0.865. The summed E-state index contributed by atoms with van der Waals surface area (Å²) in [7, 11) is 0. The first-order valence-electron chi connectivity index (χ1n) is 9.29. The molecule has 1 amide bonds. The maximum atomic E-state index is 13.0. The predicted molar refractivity (Wildman–Crippen MR) is 112 cm³/mol. The molecule has 0 radical (unpaired) electrons. The van der Waals surface area contributed by atoms with Crippen molar-refractivity contribution in [2.75, 3.05) is 0 Å². The van der Waals surface area contributed by atoms with Crippen molar-refractivity contribution in [3.63, 3.8) is 0 Å². The summed E-state index contributed by atoms with van der Waals surface area (Å²) in [5.74, 6) is -1.32. The molecule has 2 aromatic carbocycles. The van der Waals surface area contributed by atoms with E-state index < -0.39 is 17.7 Å². The van der Waals surface area contributed by atoms with Crippen molar-refractivity contribution in [2.24, 2.45) is 0 Å². The molecule has 1 N–H and O–H groups in total. The van der Waals surface area contributed by atoms with Gasteiger partial charge in [0.2, 0.25) is 0 Å². The van der Waals surface area contributed by atoms with Crippen molar-refractivity contribution in [1.82, 2.24) is 4.90 Å². The highest BCUT2D eigenvalue weighted by Crippen LogP contribution is 2.43. The zero-order valence-corrected chi connectivity index (χ0v) is 17.4. The minimum atomic E-state index is -0.632. The molecule has 4 nitrogen and oxygen atoms in total. The Hall–Kier alpha value is -2.11. The Bertz CT molecular complexity index is 947. The van der Waals surface area contributed by atoms with Gasteiger partial charge in [-0.15, -0.1) is 0 Å². The Morgan fingerprint density at radius 1 is 1.00 bits per heavy atom. The van der Waals surface area contributed by atoms with Crippen molar-refractivity contribution >= 4 is 45.0 Å². The third-order valence-electron chi connectivity index (χ3n) is 5.50. The number of likely N-dealkylation sites (tertiary alicyclic amines) is 1. The van der Waals surface area contributed by atoms with Gasteiger partial charge in [-0.05, 0) is 42.7 Å². The lowest BCUT2D eigenvalue weighted by atomic mass is 9.94. The fourth-order valence-corrected chi connectivity index (χ4v) is 4.54. The van der Waals surface area contributed by atoms with E-state index in [4.69, 9.17) is 11.6 Å². The van der Waals surface area contributed by atoms with E-state index in [9.17, 15) is 14.7 Å². The fraction of sp³-hybridized carbons (Fsp3) is 0.273. The number of Topliss-reactive ketones (excluding diaryl/α,β-unsaturated/α-hetero) is 1. The molecule has 1 heterocycles. The average molecular weight is 461 g/mol. The molecule has 2 aromatic rings. The van der Waals surface area contributed by atoms with Gasteiger partial charge in [0, 0.05) is 21.1 Å². The highest BCUT2D eigenvalue weighted by Gasteiger charge is 2.49. The van der Waals surface area contributed by atoms with Crippen LogP contribution < -0.4 is 0 Å². The number of nitrogens with zero attached hydrogens (tertiary/aromatic N) is 1.